The third kappa shape index (κ3) is 4.13. The zero-order valence-electron chi connectivity index (χ0n) is 11.1. The topological polar surface area (TPSA) is 110 Å². The Morgan fingerprint density at radius 1 is 1.05 bits per heavy atom. The number of benzene rings is 1. The van der Waals surface area contributed by atoms with Crippen molar-refractivity contribution in [3.05, 3.63) is 24.0 Å². The Balaban J connectivity index is 2.28. The van der Waals surface area contributed by atoms with Crippen molar-refractivity contribution in [2.75, 3.05) is 17.8 Å². The molecule has 1 heterocycles. The van der Waals surface area contributed by atoms with E-state index < -0.39 is 30.9 Å². The van der Waals surface area contributed by atoms with Crippen molar-refractivity contribution in [3.8, 4) is 0 Å². The SMILES string of the molecule is NS(=O)(=O)c1cc(F)cc(NS(=O)(=O)N2CCCCC2)c1. The number of rotatable bonds is 4. The molecule has 3 N–H and O–H groups in total. The molecule has 0 atom stereocenters. The Morgan fingerprint density at radius 3 is 2.24 bits per heavy atom. The summed E-state index contributed by atoms with van der Waals surface area (Å²) >= 11 is 0. The van der Waals surface area contributed by atoms with Gasteiger partial charge in [-0.15, -0.1) is 0 Å². The summed E-state index contributed by atoms with van der Waals surface area (Å²) in [5, 5.41) is 4.92. The average Bonchev–Trinajstić information content (AvgIpc) is 2.37. The van der Waals surface area contributed by atoms with Gasteiger partial charge >= 0.3 is 10.2 Å². The standard InChI is InChI=1S/C11H16FN3O4S2/c12-9-6-10(8-11(7-9)20(13,16)17)14-21(18,19)15-4-2-1-3-5-15/h6-8,14H,1-5H2,(H2,13,16,17). The fourth-order valence-corrected chi connectivity index (χ4v) is 3.96. The molecule has 10 heteroatoms. The zero-order valence-corrected chi connectivity index (χ0v) is 12.8. The van der Waals surface area contributed by atoms with Gasteiger partial charge in [-0.05, 0) is 31.0 Å². The molecular weight excluding hydrogens is 321 g/mol. The molecule has 1 fully saturated rings. The van der Waals surface area contributed by atoms with E-state index in [1.54, 1.807) is 0 Å². The molecule has 7 nitrogen and oxygen atoms in total. The van der Waals surface area contributed by atoms with Crippen molar-refractivity contribution < 1.29 is 21.2 Å². The number of hydrogen-bond donors (Lipinski definition) is 2. The van der Waals surface area contributed by atoms with Crippen LogP contribution in [0.3, 0.4) is 0 Å². The lowest BCUT2D eigenvalue weighted by Crippen LogP contribution is -2.39. The minimum Gasteiger partial charge on any atom is -0.271 e. The molecule has 0 radical (unpaired) electrons. The first-order valence-electron chi connectivity index (χ1n) is 6.30. The predicted octanol–water partition coefficient (Wildman–Crippen LogP) is 0.616. The van der Waals surface area contributed by atoms with Gasteiger partial charge in [-0.1, -0.05) is 6.42 Å². The van der Waals surface area contributed by atoms with Crippen molar-refractivity contribution >= 4 is 25.9 Å². The van der Waals surface area contributed by atoms with Gasteiger partial charge in [-0.3, -0.25) is 4.72 Å². The Hall–Kier alpha value is -1.23. The predicted molar refractivity (Wildman–Crippen MR) is 75.7 cm³/mol. The molecule has 0 unspecified atom stereocenters. The average molecular weight is 337 g/mol. The van der Waals surface area contributed by atoms with Crippen LogP contribution in [0.2, 0.25) is 0 Å². The van der Waals surface area contributed by atoms with E-state index in [0.29, 0.717) is 13.1 Å². The highest BCUT2D eigenvalue weighted by atomic mass is 32.2. The molecule has 1 aromatic carbocycles. The van der Waals surface area contributed by atoms with Gasteiger partial charge in [0.2, 0.25) is 10.0 Å². The fourth-order valence-electron chi connectivity index (χ4n) is 2.10. The first kappa shape index (κ1) is 16.1. The van der Waals surface area contributed by atoms with Crippen LogP contribution in [0.4, 0.5) is 10.1 Å². The van der Waals surface area contributed by atoms with Gasteiger partial charge in [0.1, 0.15) is 5.82 Å². The van der Waals surface area contributed by atoms with Crippen molar-refractivity contribution in [3.63, 3.8) is 0 Å². The smallest absolute Gasteiger partial charge is 0.271 e. The van der Waals surface area contributed by atoms with Crippen LogP contribution in [-0.2, 0) is 20.2 Å². The van der Waals surface area contributed by atoms with E-state index in [4.69, 9.17) is 5.14 Å². The molecular formula is C11H16FN3O4S2. The van der Waals surface area contributed by atoms with Crippen LogP contribution in [0.15, 0.2) is 23.1 Å². The summed E-state index contributed by atoms with van der Waals surface area (Å²) in [7, 11) is -7.95. The molecule has 2 rings (SSSR count). The first-order valence-corrected chi connectivity index (χ1v) is 9.28. The van der Waals surface area contributed by atoms with Gasteiger partial charge in [-0.25, -0.2) is 17.9 Å². The number of anilines is 1. The Kier molecular flexibility index (Phi) is 4.51. The van der Waals surface area contributed by atoms with E-state index in [-0.39, 0.29) is 5.69 Å². The molecule has 21 heavy (non-hydrogen) atoms. The van der Waals surface area contributed by atoms with Gasteiger partial charge < -0.3 is 0 Å². The number of nitrogens with one attached hydrogen (secondary N) is 1. The van der Waals surface area contributed by atoms with Gasteiger partial charge in [0.05, 0.1) is 10.6 Å². The second-order valence-corrected chi connectivity index (χ2v) is 8.02. The molecule has 0 bridgehead atoms. The maximum Gasteiger partial charge on any atom is 0.301 e. The quantitative estimate of drug-likeness (QED) is 0.839. The highest BCUT2D eigenvalue weighted by Crippen LogP contribution is 2.20. The maximum atomic E-state index is 13.4. The number of piperidine rings is 1. The third-order valence-electron chi connectivity index (χ3n) is 3.10. The summed E-state index contributed by atoms with van der Waals surface area (Å²) in [6, 6.07) is 2.62. The monoisotopic (exact) mass is 337 g/mol. The Labute approximate surface area is 123 Å². The largest absolute Gasteiger partial charge is 0.301 e. The van der Waals surface area contributed by atoms with Crippen LogP contribution in [0.5, 0.6) is 0 Å². The van der Waals surface area contributed by atoms with Gasteiger partial charge in [0.25, 0.3) is 0 Å². The highest BCUT2D eigenvalue weighted by molar-refractivity contribution is 7.90. The van der Waals surface area contributed by atoms with Gasteiger partial charge in [0.15, 0.2) is 0 Å². The molecule has 1 aliphatic rings. The van der Waals surface area contributed by atoms with E-state index in [2.05, 4.69) is 4.72 Å². The van der Waals surface area contributed by atoms with Crippen molar-refractivity contribution in [2.24, 2.45) is 5.14 Å². The Bertz CT molecular complexity index is 728. The van der Waals surface area contributed by atoms with Crippen LogP contribution >= 0.6 is 0 Å². The van der Waals surface area contributed by atoms with Crippen LogP contribution < -0.4 is 9.86 Å². The van der Waals surface area contributed by atoms with Gasteiger partial charge in [0, 0.05) is 13.1 Å². The molecule has 118 valence electrons. The second-order valence-electron chi connectivity index (χ2n) is 4.79. The van der Waals surface area contributed by atoms with E-state index in [0.717, 1.165) is 37.5 Å². The minimum absolute atomic E-state index is 0.176. The molecule has 1 aromatic rings. The molecule has 0 aromatic heterocycles. The summed E-state index contributed by atoms with van der Waals surface area (Å²) in [6.45, 7) is 0.763. The number of sulfonamides is 1. The molecule has 0 aliphatic carbocycles. The number of nitrogens with zero attached hydrogens (tertiary/aromatic N) is 1. The molecule has 0 saturated carbocycles. The fraction of sp³-hybridized carbons (Fsp3) is 0.455. The van der Waals surface area contributed by atoms with Gasteiger partial charge in [-0.2, -0.15) is 12.7 Å². The lowest BCUT2D eigenvalue weighted by molar-refractivity contribution is 0.349. The number of hydrogen-bond acceptors (Lipinski definition) is 4. The lowest BCUT2D eigenvalue weighted by Gasteiger charge is -2.26. The van der Waals surface area contributed by atoms with E-state index >= 15 is 0 Å². The molecule has 0 spiro atoms. The second kappa shape index (κ2) is 5.87. The minimum atomic E-state index is -4.12. The first-order chi connectivity index (χ1) is 9.68. The lowest BCUT2D eigenvalue weighted by atomic mass is 10.2. The summed E-state index contributed by atoms with van der Waals surface area (Å²) in [5.41, 5.74) is -0.176. The van der Waals surface area contributed by atoms with Crippen LogP contribution in [-0.4, -0.2) is 34.2 Å². The van der Waals surface area contributed by atoms with E-state index in [1.807, 2.05) is 0 Å². The van der Waals surface area contributed by atoms with Crippen LogP contribution in [0.1, 0.15) is 19.3 Å². The van der Waals surface area contributed by atoms with Crippen LogP contribution in [0.25, 0.3) is 0 Å². The number of primary sulfonamides is 1. The van der Waals surface area contributed by atoms with Crippen molar-refractivity contribution in [1.82, 2.24) is 4.31 Å². The summed E-state index contributed by atoms with van der Waals surface area (Å²) in [4.78, 5) is -0.487. The zero-order chi connectivity index (χ0) is 15.7. The third-order valence-corrected chi connectivity index (χ3v) is 5.53. The number of nitrogens with two attached hydrogens (primary N) is 1. The van der Waals surface area contributed by atoms with Crippen molar-refractivity contribution in [2.45, 2.75) is 24.2 Å². The molecule has 1 saturated heterocycles. The van der Waals surface area contributed by atoms with Crippen molar-refractivity contribution in [1.29, 1.82) is 0 Å². The van der Waals surface area contributed by atoms with Crippen LogP contribution in [0, 0.1) is 5.82 Å². The summed E-state index contributed by atoms with van der Waals surface area (Å²) in [5.74, 6) is -0.891. The summed E-state index contributed by atoms with van der Waals surface area (Å²) < 4.78 is 63.6. The van der Waals surface area contributed by atoms with E-state index in [9.17, 15) is 21.2 Å². The molecule has 1 aliphatic heterocycles. The highest BCUT2D eigenvalue weighted by Gasteiger charge is 2.24. The molecule has 0 amide bonds. The maximum absolute atomic E-state index is 13.4. The Morgan fingerprint density at radius 2 is 1.67 bits per heavy atom. The number of halogens is 1. The van der Waals surface area contributed by atoms with E-state index in [1.165, 1.54) is 4.31 Å². The summed E-state index contributed by atoms with van der Waals surface area (Å²) in [6.07, 6.45) is 2.47. The normalized spacial score (nSPS) is 17.6.